The molecule has 4 heterocycles. The molecule has 4 N–H and O–H groups in total. The molecular formula is C23H19N7O3. The van der Waals surface area contributed by atoms with Crippen LogP contribution in [0, 0.1) is 0 Å². The number of nitrogen functional groups attached to an aromatic ring is 1. The average molecular weight is 441 g/mol. The van der Waals surface area contributed by atoms with Crippen LogP contribution in [-0.4, -0.2) is 42.5 Å². The zero-order valence-corrected chi connectivity index (χ0v) is 17.6. The van der Waals surface area contributed by atoms with Gasteiger partial charge in [0.05, 0.1) is 23.7 Å². The predicted octanol–water partition coefficient (Wildman–Crippen LogP) is 3.24. The molecule has 10 heteroatoms. The Morgan fingerprint density at radius 3 is 2.64 bits per heavy atom. The van der Waals surface area contributed by atoms with Gasteiger partial charge in [0, 0.05) is 24.5 Å². The smallest absolute Gasteiger partial charge is 0.354 e. The molecule has 0 radical (unpaired) electrons. The lowest BCUT2D eigenvalue weighted by Crippen LogP contribution is -2.11. The number of nitrogens with two attached hydrogens (primary N) is 1. The second-order valence-electron chi connectivity index (χ2n) is 7.22. The molecule has 0 unspecified atom stereocenters. The molecule has 5 aromatic rings. The fourth-order valence-corrected chi connectivity index (χ4v) is 3.82. The summed E-state index contributed by atoms with van der Waals surface area (Å²) in [6.45, 7) is 0.436. The molecule has 164 valence electrons. The standard InChI is InChI=1S/C23H19N7O3/c1-33-17-8-10-25-20-19(17)18(14-7-9-26-22(24)28-14)16-11-15(21(31)32)29-23(30(16)20)27-12-13-5-3-2-4-6-13/h2-11H,12H2,1H3,(H,27,29)(H,31,32)(H2,24,26,28). The lowest BCUT2D eigenvalue weighted by molar-refractivity contribution is 0.0690. The number of methoxy groups -OCH3 is 1. The Morgan fingerprint density at radius 2 is 1.91 bits per heavy atom. The number of carboxylic acid groups (broad SMARTS) is 1. The summed E-state index contributed by atoms with van der Waals surface area (Å²) in [6.07, 6.45) is 3.17. The Hall–Kier alpha value is -4.73. The van der Waals surface area contributed by atoms with E-state index in [-0.39, 0.29) is 11.6 Å². The molecule has 4 aromatic heterocycles. The van der Waals surface area contributed by atoms with Gasteiger partial charge in [-0.3, -0.25) is 4.40 Å². The Labute approximate surface area is 187 Å². The van der Waals surface area contributed by atoms with E-state index in [4.69, 9.17) is 10.5 Å². The molecule has 10 nitrogen and oxygen atoms in total. The normalized spacial score (nSPS) is 11.1. The van der Waals surface area contributed by atoms with Crippen LogP contribution in [0.25, 0.3) is 27.8 Å². The predicted molar refractivity (Wildman–Crippen MR) is 123 cm³/mol. The Balaban J connectivity index is 1.84. The number of hydrogen-bond donors (Lipinski definition) is 3. The van der Waals surface area contributed by atoms with Crippen molar-refractivity contribution in [2.75, 3.05) is 18.2 Å². The van der Waals surface area contributed by atoms with E-state index < -0.39 is 5.97 Å². The number of benzene rings is 1. The van der Waals surface area contributed by atoms with E-state index in [1.807, 2.05) is 30.3 Å². The second kappa shape index (κ2) is 8.08. The van der Waals surface area contributed by atoms with E-state index in [1.54, 1.807) is 36.0 Å². The lowest BCUT2D eigenvalue weighted by atomic mass is 10.1. The van der Waals surface area contributed by atoms with Gasteiger partial charge in [-0.15, -0.1) is 0 Å². The number of aromatic nitrogens is 5. The molecule has 0 bridgehead atoms. The average Bonchev–Trinajstić information content (AvgIpc) is 3.17. The van der Waals surface area contributed by atoms with E-state index in [0.29, 0.717) is 46.1 Å². The van der Waals surface area contributed by atoms with E-state index in [0.717, 1.165) is 5.56 Å². The molecule has 0 aliphatic rings. The molecule has 0 saturated heterocycles. The first-order valence-electron chi connectivity index (χ1n) is 10.0. The first-order valence-corrected chi connectivity index (χ1v) is 10.0. The highest BCUT2D eigenvalue weighted by Gasteiger charge is 2.24. The van der Waals surface area contributed by atoms with Crippen molar-refractivity contribution in [3.8, 4) is 17.0 Å². The number of ether oxygens (including phenoxy) is 1. The zero-order chi connectivity index (χ0) is 22.9. The van der Waals surface area contributed by atoms with Gasteiger partial charge < -0.3 is 20.9 Å². The van der Waals surface area contributed by atoms with Crippen LogP contribution in [0.5, 0.6) is 5.75 Å². The topological polar surface area (TPSA) is 141 Å². The van der Waals surface area contributed by atoms with Crippen LogP contribution in [0.1, 0.15) is 16.1 Å². The minimum Gasteiger partial charge on any atom is -0.496 e. The maximum absolute atomic E-state index is 11.9. The maximum Gasteiger partial charge on any atom is 0.354 e. The number of nitrogens with zero attached hydrogens (tertiary/aromatic N) is 5. The number of nitrogens with one attached hydrogen (secondary N) is 1. The van der Waals surface area contributed by atoms with Gasteiger partial charge in [0.25, 0.3) is 0 Å². The Bertz CT molecular complexity index is 1500. The molecule has 0 saturated carbocycles. The molecule has 0 aliphatic carbocycles. The molecular weight excluding hydrogens is 422 g/mol. The summed E-state index contributed by atoms with van der Waals surface area (Å²) in [5, 5.41) is 13.7. The zero-order valence-electron chi connectivity index (χ0n) is 17.6. The highest BCUT2D eigenvalue weighted by atomic mass is 16.5. The fourth-order valence-electron chi connectivity index (χ4n) is 3.82. The highest BCUT2D eigenvalue weighted by molar-refractivity contribution is 6.08. The third kappa shape index (κ3) is 3.53. The summed E-state index contributed by atoms with van der Waals surface area (Å²) in [6, 6.07) is 14.7. The Kier molecular flexibility index (Phi) is 4.94. The van der Waals surface area contributed by atoms with Crippen molar-refractivity contribution in [1.29, 1.82) is 0 Å². The third-order valence-electron chi connectivity index (χ3n) is 5.23. The molecule has 0 atom stereocenters. The van der Waals surface area contributed by atoms with Gasteiger partial charge in [-0.2, -0.15) is 0 Å². The van der Waals surface area contributed by atoms with Gasteiger partial charge in [-0.05, 0) is 23.8 Å². The maximum atomic E-state index is 11.9. The molecule has 0 aliphatic heterocycles. The van der Waals surface area contributed by atoms with Gasteiger partial charge in [0.15, 0.2) is 11.3 Å². The second-order valence-corrected chi connectivity index (χ2v) is 7.22. The van der Waals surface area contributed by atoms with E-state index in [2.05, 4.69) is 25.3 Å². The number of anilines is 2. The van der Waals surface area contributed by atoms with Crippen LogP contribution in [0.15, 0.2) is 60.9 Å². The minimum atomic E-state index is -1.15. The number of hydrogen-bond acceptors (Lipinski definition) is 8. The van der Waals surface area contributed by atoms with Crippen LogP contribution >= 0.6 is 0 Å². The van der Waals surface area contributed by atoms with Gasteiger partial charge >= 0.3 is 5.97 Å². The molecule has 5 rings (SSSR count). The fraction of sp³-hybridized carbons (Fsp3) is 0.0870. The lowest BCUT2D eigenvalue weighted by Gasteiger charge is -2.11. The van der Waals surface area contributed by atoms with Crippen LogP contribution in [0.4, 0.5) is 11.9 Å². The number of aromatic carboxylic acids is 1. The van der Waals surface area contributed by atoms with E-state index in [9.17, 15) is 9.90 Å². The molecule has 0 spiro atoms. The Morgan fingerprint density at radius 1 is 1.12 bits per heavy atom. The molecule has 1 aromatic carbocycles. The highest BCUT2D eigenvalue weighted by Crippen LogP contribution is 2.40. The van der Waals surface area contributed by atoms with Crippen LogP contribution in [0.3, 0.4) is 0 Å². The number of carbonyl (C=O) groups is 1. The summed E-state index contributed by atoms with van der Waals surface area (Å²) in [4.78, 5) is 29.2. The van der Waals surface area contributed by atoms with E-state index >= 15 is 0 Å². The van der Waals surface area contributed by atoms with E-state index in [1.165, 1.54) is 6.07 Å². The van der Waals surface area contributed by atoms with Crippen molar-refractivity contribution in [1.82, 2.24) is 24.3 Å². The molecule has 0 amide bonds. The summed E-state index contributed by atoms with van der Waals surface area (Å²) >= 11 is 0. The van der Waals surface area contributed by atoms with Gasteiger partial charge in [-0.25, -0.2) is 24.7 Å². The van der Waals surface area contributed by atoms with Crippen LogP contribution in [0.2, 0.25) is 0 Å². The SMILES string of the molecule is COc1ccnc2c1c(-c1ccnc(N)n1)c1cc(C(=O)O)nc(NCc3ccccc3)n12. The van der Waals surface area contributed by atoms with Crippen LogP contribution in [-0.2, 0) is 6.54 Å². The van der Waals surface area contributed by atoms with Gasteiger partial charge in [-0.1, -0.05) is 30.3 Å². The first kappa shape index (κ1) is 20.2. The van der Waals surface area contributed by atoms with Crippen molar-refractivity contribution in [3.63, 3.8) is 0 Å². The van der Waals surface area contributed by atoms with Crippen molar-refractivity contribution >= 4 is 34.4 Å². The van der Waals surface area contributed by atoms with Crippen molar-refractivity contribution in [2.45, 2.75) is 6.54 Å². The molecule has 0 fully saturated rings. The summed E-state index contributed by atoms with van der Waals surface area (Å²) in [5.74, 6) is -0.175. The van der Waals surface area contributed by atoms with Crippen molar-refractivity contribution in [2.24, 2.45) is 0 Å². The monoisotopic (exact) mass is 441 g/mol. The number of carboxylic acids is 1. The number of fused-ring (bicyclic) bond motifs is 3. The summed E-state index contributed by atoms with van der Waals surface area (Å²) in [7, 11) is 1.56. The quantitative estimate of drug-likeness (QED) is 0.362. The first-order chi connectivity index (χ1) is 16.1. The third-order valence-corrected chi connectivity index (χ3v) is 5.23. The number of rotatable bonds is 6. The summed E-state index contributed by atoms with van der Waals surface area (Å²) < 4.78 is 7.38. The summed E-state index contributed by atoms with van der Waals surface area (Å²) in [5.41, 5.74) is 8.96. The van der Waals surface area contributed by atoms with Crippen molar-refractivity contribution in [3.05, 3.63) is 72.2 Å². The molecule has 33 heavy (non-hydrogen) atoms. The minimum absolute atomic E-state index is 0.0952. The van der Waals surface area contributed by atoms with Gasteiger partial charge in [0.1, 0.15) is 5.75 Å². The van der Waals surface area contributed by atoms with Gasteiger partial charge in [0.2, 0.25) is 11.9 Å². The largest absolute Gasteiger partial charge is 0.496 e. The van der Waals surface area contributed by atoms with Crippen molar-refractivity contribution < 1.29 is 14.6 Å². The van der Waals surface area contributed by atoms with Crippen LogP contribution < -0.4 is 15.8 Å². The number of pyridine rings is 1.